The summed E-state index contributed by atoms with van der Waals surface area (Å²) in [5.74, 6) is -0.431. The average molecular weight is 487 g/mol. The van der Waals surface area contributed by atoms with Gasteiger partial charge in [0.2, 0.25) is 12.6 Å². The first-order valence-electron chi connectivity index (χ1n) is 13.4. The van der Waals surface area contributed by atoms with Crippen molar-refractivity contribution in [3.05, 3.63) is 34.9 Å². The molecule has 0 aromatic heterocycles. The lowest BCUT2D eigenvalue weighted by Gasteiger charge is -2.61. The van der Waals surface area contributed by atoms with E-state index in [4.69, 9.17) is 10.5 Å². The molecule has 3 aliphatic rings. The van der Waals surface area contributed by atoms with E-state index in [-0.39, 0.29) is 11.3 Å². The van der Waals surface area contributed by atoms with Crippen LogP contribution in [0.4, 0.5) is 0 Å². The Kier molecular flexibility index (Phi) is 7.60. The molecule has 2 bridgehead atoms. The van der Waals surface area contributed by atoms with Gasteiger partial charge in [0, 0.05) is 24.2 Å². The van der Waals surface area contributed by atoms with E-state index in [0.717, 1.165) is 23.9 Å². The maximum absolute atomic E-state index is 13.2. The molecule has 7 heteroatoms. The largest absolute Gasteiger partial charge is 0.413 e. The number of nitrogens with one attached hydrogen (secondary N) is 1. The van der Waals surface area contributed by atoms with E-state index in [1.807, 2.05) is 13.8 Å². The number of aliphatic hydroxyl groups excluding tert-OH is 1. The van der Waals surface area contributed by atoms with E-state index < -0.39 is 30.6 Å². The van der Waals surface area contributed by atoms with Crippen LogP contribution >= 0.6 is 0 Å². The summed E-state index contributed by atoms with van der Waals surface area (Å²) in [7, 11) is 2.24. The highest BCUT2D eigenvalue weighted by Gasteiger charge is 2.59. The van der Waals surface area contributed by atoms with Crippen LogP contribution in [-0.2, 0) is 26.2 Å². The third-order valence-corrected chi connectivity index (χ3v) is 9.46. The second-order valence-corrected chi connectivity index (χ2v) is 11.6. The molecular formula is C28H44N3O4+. The standard InChI is InChI=1S/C28H43N3O4/c1-5-19(3)25(30-26(33)23(29)16-32)27(34)35-17-31(4)13-12-28-11-7-6-8-21(28)24(31)15-20-10-9-18(2)14-22(20)28/h9-10,14,19,21,23-25,32H,5-8,11-13,15-17,29H2,1-4H3/p+1/t19?,21-,23?,24+,25?,28+,31?/m0/s1. The van der Waals surface area contributed by atoms with Gasteiger partial charge in [0.1, 0.15) is 12.1 Å². The minimum atomic E-state index is -1.05. The van der Waals surface area contributed by atoms with Gasteiger partial charge in [-0.25, -0.2) is 4.79 Å². The summed E-state index contributed by atoms with van der Waals surface area (Å²) in [6.45, 7) is 6.93. The number of aliphatic hydroxyl groups is 1. The topological polar surface area (TPSA) is 102 Å². The number of carbonyl (C=O) groups is 2. The molecule has 4 N–H and O–H groups in total. The molecule has 1 saturated heterocycles. The van der Waals surface area contributed by atoms with Crippen LogP contribution in [0.15, 0.2) is 18.2 Å². The summed E-state index contributed by atoms with van der Waals surface area (Å²) in [6.07, 6.45) is 7.92. The normalized spacial score (nSPS) is 31.9. The number of likely N-dealkylation sites (tertiary alicyclic amines) is 1. The quantitative estimate of drug-likeness (QED) is 0.387. The lowest BCUT2D eigenvalue weighted by Crippen LogP contribution is -2.69. The van der Waals surface area contributed by atoms with Gasteiger partial charge in [0.05, 0.1) is 26.2 Å². The molecule has 1 amide bonds. The number of benzene rings is 1. The third kappa shape index (κ3) is 4.75. The molecule has 1 saturated carbocycles. The van der Waals surface area contributed by atoms with Crippen molar-refractivity contribution in [2.45, 2.75) is 89.3 Å². The van der Waals surface area contributed by atoms with E-state index in [9.17, 15) is 14.7 Å². The minimum absolute atomic E-state index is 0.0974. The number of nitrogens with zero attached hydrogens (tertiary/aromatic N) is 1. The molecule has 4 unspecified atom stereocenters. The first-order chi connectivity index (χ1) is 16.6. The number of nitrogens with two attached hydrogens (primary N) is 1. The van der Waals surface area contributed by atoms with Gasteiger partial charge in [-0.05, 0) is 36.8 Å². The highest BCUT2D eigenvalue weighted by Crippen LogP contribution is 2.57. The van der Waals surface area contributed by atoms with Crippen molar-refractivity contribution in [1.82, 2.24) is 5.32 Å². The van der Waals surface area contributed by atoms with Gasteiger partial charge in [0.25, 0.3) is 0 Å². The van der Waals surface area contributed by atoms with Crippen LogP contribution in [0.3, 0.4) is 0 Å². The second kappa shape index (κ2) is 10.2. The predicted molar refractivity (Wildman–Crippen MR) is 135 cm³/mol. The molecule has 1 aliphatic heterocycles. The Bertz CT molecular complexity index is 952. The van der Waals surface area contributed by atoms with Crippen molar-refractivity contribution in [1.29, 1.82) is 0 Å². The third-order valence-electron chi connectivity index (χ3n) is 9.46. The number of rotatable bonds is 8. The number of hydrogen-bond donors (Lipinski definition) is 3. The number of ether oxygens (including phenoxy) is 1. The maximum atomic E-state index is 13.2. The lowest BCUT2D eigenvalue weighted by molar-refractivity contribution is -0.959. The van der Waals surface area contributed by atoms with E-state index >= 15 is 0 Å². The van der Waals surface area contributed by atoms with Crippen molar-refractivity contribution in [3.8, 4) is 0 Å². The molecule has 4 rings (SSSR count). The minimum Gasteiger partial charge on any atom is -0.413 e. The number of piperidine rings is 1. The Morgan fingerprint density at radius 1 is 1.31 bits per heavy atom. The van der Waals surface area contributed by atoms with Crippen LogP contribution in [0.1, 0.15) is 69.1 Å². The fraction of sp³-hybridized carbons (Fsp3) is 0.714. The molecule has 2 fully saturated rings. The lowest BCUT2D eigenvalue weighted by atomic mass is 9.52. The molecule has 0 radical (unpaired) electrons. The molecule has 2 aliphatic carbocycles. The number of amides is 1. The van der Waals surface area contributed by atoms with E-state index in [1.54, 1.807) is 5.56 Å². The highest BCUT2D eigenvalue weighted by atomic mass is 16.5. The Balaban J connectivity index is 1.53. The molecule has 1 heterocycles. The van der Waals surface area contributed by atoms with Gasteiger partial charge in [-0.1, -0.05) is 56.9 Å². The second-order valence-electron chi connectivity index (χ2n) is 11.6. The Morgan fingerprint density at radius 3 is 2.80 bits per heavy atom. The molecule has 1 aromatic rings. The number of fused-ring (bicyclic) bond motifs is 1. The monoisotopic (exact) mass is 486 g/mol. The number of aryl methyl sites for hydroxylation is 1. The van der Waals surface area contributed by atoms with E-state index in [2.05, 4.69) is 37.5 Å². The molecule has 0 spiro atoms. The molecule has 7 atom stereocenters. The zero-order valence-corrected chi connectivity index (χ0v) is 21.9. The molecule has 1 aromatic carbocycles. The average Bonchev–Trinajstić information content (AvgIpc) is 2.87. The number of likely N-dealkylation sites (N-methyl/N-ethyl adjacent to an activating group) is 1. The number of hydrogen-bond acceptors (Lipinski definition) is 5. The maximum Gasteiger partial charge on any atom is 0.333 e. The number of carbonyl (C=O) groups excluding carboxylic acids is 2. The van der Waals surface area contributed by atoms with Crippen molar-refractivity contribution in [2.24, 2.45) is 17.6 Å². The summed E-state index contributed by atoms with van der Waals surface area (Å²) in [4.78, 5) is 25.5. The predicted octanol–water partition coefficient (Wildman–Crippen LogP) is 2.55. The SMILES string of the molecule is CCC(C)C(NC(=O)C(N)CO)C(=O)OC[N+]1(C)CC[C@]23CCCC[C@H]2[C@H]1Cc1ccc(C)cc13. The highest BCUT2D eigenvalue weighted by molar-refractivity contribution is 5.87. The fourth-order valence-electron chi connectivity index (χ4n) is 7.05. The van der Waals surface area contributed by atoms with Gasteiger partial charge in [-0.2, -0.15) is 0 Å². The molecule has 194 valence electrons. The summed E-state index contributed by atoms with van der Waals surface area (Å²) in [5.41, 5.74) is 10.3. The van der Waals surface area contributed by atoms with Crippen LogP contribution < -0.4 is 11.1 Å². The van der Waals surface area contributed by atoms with Gasteiger partial charge in [0.15, 0.2) is 0 Å². The van der Waals surface area contributed by atoms with Gasteiger partial charge < -0.3 is 20.9 Å². The number of esters is 1. The first-order valence-corrected chi connectivity index (χ1v) is 13.4. The van der Waals surface area contributed by atoms with Gasteiger partial charge in [-0.3, -0.25) is 9.28 Å². The zero-order valence-electron chi connectivity index (χ0n) is 21.9. The van der Waals surface area contributed by atoms with E-state index in [1.165, 1.54) is 36.8 Å². The van der Waals surface area contributed by atoms with Crippen LogP contribution in [-0.4, -0.2) is 66.5 Å². The van der Waals surface area contributed by atoms with Gasteiger partial charge >= 0.3 is 5.97 Å². The Labute approximate surface area is 210 Å². The van der Waals surface area contributed by atoms with Crippen molar-refractivity contribution in [2.75, 3.05) is 26.9 Å². The smallest absolute Gasteiger partial charge is 0.333 e. The fourth-order valence-corrected chi connectivity index (χ4v) is 7.05. The summed E-state index contributed by atoms with van der Waals surface area (Å²) in [5, 5.41) is 11.9. The van der Waals surface area contributed by atoms with E-state index in [0.29, 0.717) is 25.1 Å². The van der Waals surface area contributed by atoms with Crippen LogP contribution in [0.5, 0.6) is 0 Å². The number of quaternary nitrogens is 1. The van der Waals surface area contributed by atoms with Crippen molar-refractivity contribution < 1.29 is 23.9 Å². The Hall–Kier alpha value is -1.96. The van der Waals surface area contributed by atoms with Crippen LogP contribution in [0, 0.1) is 18.8 Å². The summed E-state index contributed by atoms with van der Waals surface area (Å²) >= 11 is 0. The molecule has 35 heavy (non-hydrogen) atoms. The zero-order chi connectivity index (χ0) is 25.4. The van der Waals surface area contributed by atoms with Gasteiger partial charge in [-0.15, -0.1) is 0 Å². The summed E-state index contributed by atoms with van der Waals surface area (Å²) < 4.78 is 6.70. The first kappa shape index (κ1) is 26.1. The van der Waals surface area contributed by atoms with Crippen LogP contribution in [0.25, 0.3) is 0 Å². The van der Waals surface area contributed by atoms with Crippen molar-refractivity contribution >= 4 is 11.9 Å². The van der Waals surface area contributed by atoms with Crippen LogP contribution in [0.2, 0.25) is 0 Å². The Morgan fingerprint density at radius 2 is 2.09 bits per heavy atom. The molecular weight excluding hydrogens is 442 g/mol. The summed E-state index contributed by atoms with van der Waals surface area (Å²) in [6, 6.07) is 5.60. The molecule has 7 nitrogen and oxygen atoms in total. The van der Waals surface area contributed by atoms with Crippen molar-refractivity contribution in [3.63, 3.8) is 0 Å².